The van der Waals surface area contributed by atoms with Gasteiger partial charge in [-0.05, 0) is 36.8 Å². The smallest absolute Gasteiger partial charge is 0.421 e. The molecule has 0 atom stereocenters. The minimum Gasteiger partial charge on any atom is -0.481 e. The van der Waals surface area contributed by atoms with Crippen molar-refractivity contribution in [2.75, 3.05) is 23.1 Å². The molecule has 0 saturated carbocycles. The lowest BCUT2D eigenvalue weighted by molar-refractivity contribution is -0.137. The van der Waals surface area contributed by atoms with Crippen molar-refractivity contribution in [3.63, 3.8) is 0 Å². The number of aryl methyl sites for hydroxylation is 1. The number of alkyl halides is 3. The van der Waals surface area contributed by atoms with Crippen LogP contribution in [0.3, 0.4) is 0 Å². The van der Waals surface area contributed by atoms with Crippen LogP contribution >= 0.6 is 11.6 Å². The molecule has 172 valence electrons. The van der Waals surface area contributed by atoms with Gasteiger partial charge in [0.05, 0.1) is 24.2 Å². The van der Waals surface area contributed by atoms with Crippen LogP contribution in [0.4, 0.5) is 42.0 Å². The maximum absolute atomic E-state index is 13.6. The molecule has 2 heterocycles. The minimum absolute atomic E-state index is 0.104. The molecule has 12 heteroatoms. The number of aromatic nitrogens is 3. The lowest BCUT2D eigenvalue weighted by Gasteiger charge is -2.17. The average Bonchev–Trinajstić information content (AvgIpc) is 2.76. The number of methoxy groups -OCH3 is 1. The Morgan fingerprint density at radius 2 is 1.88 bits per heavy atom. The summed E-state index contributed by atoms with van der Waals surface area (Å²) in [6.45, 7) is 5.10. The Bertz CT molecular complexity index is 1200. The first kappa shape index (κ1) is 23.8. The molecule has 0 spiro atoms. The number of pyridine rings is 1. The molecular formula is C21H18ClF3N6O2. The van der Waals surface area contributed by atoms with Crippen LogP contribution in [0.1, 0.15) is 11.1 Å². The van der Waals surface area contributed by atoms with Crippen molar-refractivity contribution in [3.05, 3.63) is 65.5 Å². The van der Waals surface area contributed by atoms with E-state index in [-0.39, 0.29) is 22.3 Å². The van der Waals surface area contributed by atoms with E-state index >= 15 is 0 Å². The minimum atomic E-state index is -4.74. The summed E-state index contributed by atoms with van der Waals surface area (Å²) in [6.07, 6.45) is -1.53. The van der Waals surface area contributed by atoms with Gasteiger partial charge < -0.3 is 20.7 Å². The van der Waals surface area contributed by atoms with Crippen molar-refractivity contribution < 1.29 is 22.7 Å². The number of benzene rings is 1. The molecule has 3 aromatic rings. The largest absolute Gasteiger partial charge is 0.481 e. The zero-order valence-corrected chi connectivity index (χ0v) is 18.2. The fourth-order valence-corrected chi connectivity index (χ4v) is 2.83. The van der Waals surface area contributed by atoms with Gasteiger partial charge in [-0.25, -0.2) is 9.97 Å². The van der Waals surface area contributed by atoms with Gasteiger partial charge >= 0.3 is 6.18 Å². The van der Waals surface area contributed by atoms with Crippen LogP contribution in [0.15, 0.2) is 49.3 Å². The zero-order chi connectivity index (χ0) is 24.2. The fourth-order valence-electron chi connectivity index (χ4n) is 2.66. The van der Waals surface area contributed by atoms with Crippen molar-refractivity contribution in [2.24, 2.45) is 0 Å². The van der Waals surface area contributed by atoms with Crippen LogP contribution in [0.5, 0.6) is 5.88 Å². The predicted molar refractivity (Wildman–Crippen MR) is 119 cm³/mol. The Morgan fingerprint density at radius 3 is 2.55 bits per heavy atom. The van der Waals surface area contributed by atoms with Gasteiger partial charge in [-0.15, -0.1) is 0 Å². The number of nitrogens with one attached hydrogen (secondary N) is 3. The number of halogens is 4. The Kier molecular flexibility index (Phi) is 7.02. The first-order valence-electron chi connectivity index (χ1n) is 9.32. The van der Waals surface area contributed by atoms with Crippen LogP contribution < -0.4 is 20.7 Å². The Balaban J connectivity index is 2.02. The van der Waals surface area contributed by atoms with E-state index in [1.165, 1.54) is 31.5 Å². The number of carbonyl (C=O) groups is 1. The molecule has 0 bridgehead atoms. The van der Waals surface area contributed by atoms with Crippen molar-refractivity contribution >= 4 is 46.3 Å². The number of anilines is 5. The highest BCUT2D eigenvalue weighted by molar-refractivity contribution is 6.31. The summed E-state index contributed by atoms with van der Waals surface area (Å²) in [5, 5.41) is 8.23. The molecule has 0 saturated heterocycles. The second kappa shape index (κ2) is 9.74. The van der Waals surface area contributed by atoms with Gasteiger partial charge in [0.2, 0.25) is 17.7 Å². The van der Waals surface area contributed by atoms with Crippen LogP contribution in [-0.4, -0.2) is 28.0 Å². The molecule has 0 aliphatic carbocycles. The summed E-state index contributed by atoms with van der Waals surface area (Å²) >= 11 is 5.97. The normalized spacial score (nSPS) is 11.0. The van der Waals surface area contributed by atoms with E-state index in [1.807, 2.05) is 0 Å². The SMILES string of the molecule is C=CC(=O)Nc1cc(Cl)ccc1Nc1nc(Nc2cc(OC)ncc2C)ncc1C(F)(F)F. The fraction of sp³-hybridized carbons (Fsp3) is 0.143. The summed E-state index contributed by atoms with van der Waals surface area (Å²) in [6, 6.07) is 5.80. The van der Waals surface area contributed by atoms with Gasteiger partial charge in [0.15, 0.2) is 0 Å². The van der Waals surface area contributed by atoms with Crippen molar-refractivity contribution in [1.29, 1.82) is 0 Å². The molecule has 3 rings (SSSR count). The maximum atomic E-state index is 13.6. The Hall–Kier alpha value is -3.86. The molecule has 1 aromatic carbocycles. The highest BCUT2D eigenvalue weighted by Crippen LogP contribution is 2.37. The first-order chi connectivity index (χ1) is 15.6. The van der Waals surface area contributed by atoms with Crippen LogP contribution in [0.25, 0.3) is 0 Å². The summed E-state index contributed by atoms with van der Waals surface area (Å²) in [5.74, 6) is -0.900. The Labute approximate surface area is 191 Å². The van der Waals surface area contributed by atoms with E-state index in [0.717, 1.165) is 6.08 Å². The number of amides is 1. The number of nitrogens with zero attached hydrogens (tertiary/aromatic N) is 3. The Morgan fingerprint density at radius 1 is 1.12 bits per heavy atom. The lowest BCUT2D eigenvalue weighted by Crippen LogP contribution is -2.14. The summed E-state index contributed by atoms with van der Waals surface area (Å²) in [7, 11) is 1.44. The molecule has 0 aliphatic rings. The summed E-state index contributed by atoms with van der Waals surface area (Å²) < 4.78 is 46.0. The van der Waals surface area contributed by atoms with Crippen LogP contribution in [0.2, 0.25) is 5.02 Å². The quantitative estimate of drug-likeness (QED) is 0.387. The van der Waals surface area contributed by atoms with Gasteiger partial charge in [0, 0.05) is 23.5 Å². The second-order valence-electron chi connectivity index (χ2n) is 6.63. The van der Waals surface area contributed by atoms with E-state index in [1.54, 1.807) is 13.0 Å². The van der Waals surface area contributed by atoms with Crippen molar-refractivity contribution in [2.45, 2.75) is 13.1 Å². The van der Waals surface area contributed by atoms with Crippen LogP contribution in [-0.2, 0) is 11.0 Å². The molecular weight excluding hydrogens is 461 g/mol. The molecule has 0 unspecified atom stereocenters. The topological polar surface area (TPSA) is 101 Å². The molecule has 0 fully saturated rings. The lowest BCUT2D eigenvalue weighted by atomic mass is 10.2. The monoisotopic (exact) mass is 478 g/mol. The van der Waals surface area contributed by atoms with Gasteiger partial charge in [-0.3, -0.25) is 4.79 Å². The molecule has 0 radical (unpaired) electrons. The van der Waals surface area contributed by atoms with E-state index < -0.39 is 23.5 Å². The van der Waals surface area contributed by atoms with Gasteiger partial charge in [0.1, 0.15) is 11.4 Å². The molecule has 2 aromatic heterocycles. The average molecular weight is 479 g/mol. The summed E-state index contributed by atoms with van der Waals surface area (Å²) in [5.41, 5.74) is 0.363. The molecule has 1 amide bonds. The van der Waals surface area contributed by atoms with E-state index in [0.29, 0.717) is 23.3 Å². The van der Waals surface area contributed by atoms with Gasteiger partial charge in [0.25, 0.3) is 0 Å². The third-order valence-electron chi connectivity index (χ3n) is 4.31. The predicted octanol–water partition coefficient (Wildman–Crippen LogP) is 5.47. The highest BCUT2D eigenvalue weighted by atomic mass is 35.5. The van der Waals surface area contributed by atoms with E-state index in [9.17, 15) is 18.0 Å². The number of carbonyl (C=O) groups excluding carboxylic acids is 1. The third kappa shape index (κ3) is 5.89. The first-order valence-corrected chi connectivity index (χ1v) is 9.70. The number of ether oxygens (including phenoxy) is 1. The molecule has 33 heavy (non-hydrogen) atoms. The standard InChI is InChI=1S/C21H18ClF3N6O2/c1-4-17(32)28-16-7-12(22)5-6-14(16)29-19-13(21(23,24)25)10-27-20(31-19)30-15-8-18(33-3)26-9-11(15)2/h4-10H,1H2,2-3H3,(H,28,32)(H2,26,27,29,30,31). The van der Waals surface area contributed by atoms with E-state index in [4.69, 9.17) is 16.3 Å². The van der Waals surface area contributed by atoms with E-state index in [2.05, 4.69) is 37.5 Å². The van der Waals surface area contributed by atoms with Gasteiger partial charge in [-0.1, -0.05) is 18.2 Å². The third-order valence-corrected chi connectivity index (χ3v) is 4.54. The van der Waals surface area contributed by atoms with Crippen molar-refractivity contribution in [1.82, 2.24) is 15.0 Å². The summed E-state index contributed by atoms with van der Waals surface area (Å²) in [4.78, 5) is 23.6. The highest BCUT2D eigenvalue weighted by Gasteiger charge is 2.35. The zero-order valence-electron chi connectivity index (χ0n) is 17.4. The van der Waals surface area contributed by atoms with Crippen molar-refractivity contribution in [3.8, 4) is 5.88 Å². The number of hydrogen-bond donors (Lipinski definition) is 3. The number of rotatable bonds is 7. The molecule has 0 aliphatic heterocycles. The second-order valence-corrected chi connectivity index (χ2v) is 7.06. The van der Waals surface area contributed by atoms with Crippen LogP contribution in [0, 0.1) is 6.92 Å². The number of hydrogen-bond acceptors (Lipinski definition) is 7. The van der Waals surface area contributed by atoms with Gasteiger partial charge in [-0.2, -0.15) is 18.2 Å². The molecule has 3 N–H and O–H groups in total. The molecule has 8 nitrogen and oxygen atoms in total. The maximum Gasteiger partial charge on any atom is 0.421 e.